The molecule has 0 aromatic heterocycles. The Morgan fingerprint density at radius 2 is 1.78 bits per heavy atom. The number of benzene rings is 1. The van der Waals surface area contributed by atoms with Gasteiger partial charge >= 0.3 is 11.9 Å². The Hall–Kier alpha value is -1.92. The minimum atomic E-state index is -1.97. The van der Waals surface area contributed by atoms with Gasteiger partial charge in [0.15, 0.2) is 0 Å². The summed E-state index contributed by atoms with van der Waals surface area (Å²) < 4.78 is 18.1. The lowest BCUT2D eigenvalue weighted by atomic mass is 9.84. The molecule has 0 amide bonds. The lowest BCUT2D eigenvalue weighted by Crippen LogP contribution is -2.53. The zero-order valence-corrected chi connectivity index (χ0v) is 21.4. The number of allylic oxidation sites excluding steroid dienone is 1. The number of carbonyl (C=O) groups is 2. The first-order chi connectivity index (χ1) is 15.0. The van der Waals surface area contributed by atoms with Gasteiger partial charge in [-0.3, -0.25) is 9.59 Å². The SMILES string of the molecule is C=CC[Si](C)(C)[C@]12C(C[C@H](OC(C)=O)[C@H](C)[C@H]1OC(C)=O)C2(C)COCc1ccccc1. The summed E-state index contributed by atoms with van der Waals surface area (Å²) in [5, 5.41) is -0.160. The van der Waals surface area contributed by atoms with Crippen LogP contribution in [0, 0.1) is 17.3 Å². The predicted octanol–water partition coefficient (Wildman–Crippen LogP) is 5.38. The number of hydrogen-bond acceptors (Lipinski definition) is 5. The van der Waals surface area contributed by atoms with Crippen molar-refractivity contribution in [1.29, 1.82) is 0 Å². The first-order valence-electron chi connectivity index (χ1n) is 11.6. The summed E-state index contributed by atoms with van der Waals surface area (Å²) in [7, 11) is -1.97. The van der Waals surface area contributed by atoms with Crippen LogP contribution < -0.4 is 0 Å². The fraction of sp³-hybridized carbons (Fsp3) is 0.615. The molecule has 176 valence electrons. The predicted molar refractivity (Wildman–Crippen MR) is 128 cm³/mol. The van der Waals surface area contributed by atoms with Crippen LogP contribution in [0.4, 0.5) is 0 Å². The summed E-state index contributed by atoms with van der Waals surface area (Å²) in [6.45, 7) is 17.2. The van der Waals surface area contributed by atoms with Gasteiger partial charge in [0.1, 0.15) is 12.2 Å². The third-order valence-electron chi connectivity index (χ3n) is 8.06. The number of rotatable bonds is 9. The monoisotopic (exact) mass is 458 g/mol. The number of fused-ring (bicyclic) bond motifs is 1. The first kappa shape index (κ1) is 24.7. The molecule has 0 bridgehead atoms. The Morgan fingerprint density at radius 3 is 2.34 bits per heavy atom. The number of ether oxygens (including phenoxy) is 3. The van der Waals surface area contributed by atoms with E-state index in [-0.39, 0.29) is 46.4 Å². The summed E-state index contributed by atoms with van der Waals surface area (Å²) >= 11 is 0. The van der Waals surface area contributed by atoms with Crippen LogP contribution in [-0.2, 0) is 30.4 Å². The molecule has 32 heavy (non-hydrogen) atoms. The largest absolute Gasteiger partial charge is 0.462 e. The zero-order chi connectivity index (χ0) is 23.7. The molecule has 0 heterocycles. The van der Waals surface area contributed by atoms with Crippen LogP contribution in [0.3, 0.4) is 0 Å². The quantitative estimate of drug-likeness (QED) is 0.282. The van der Waals surface area contributed by atoms with Gasteiger partial charge in [0.25, 0.3) is 0 Å². The topological polar surface area (TPSA) is 61.8 Å². The van der Waals surface area contributed by atoms with Crippen LogP contribution in [0.15, 0.2) is 43.0 Å². The molecule has 3 rings (SSSR count). The molecule has 2 unspecified atom stereocenters. The molecule has 0 saturated heterocycles. The third-order valence-corrected chi connectivity index (χ3v) is 12.8. The van der Waals surface area contributed by atoms with Crippen molar-refractivity contribution in [3.63, 3.8) is 0 Å². The van der Waals surface area contributed by atoms with Crippen molar-refractivity contribution in [3.8, 4) is 0 Å². The number of hydrogen-bond donors (Lipinski definition) is 0. The minimum absolute atomic E-state index is 0.0772. The molecule has 5 nitrogen and oxygen atoms in total. The number of esters is 2. The molecule has 6 heteroatoms. The van der Waals surface area contributed by atoms with Gasteiger partial charge < -0.3 is 14.2 Å². The van der Waals surface area contributed by atoms with Crippen LogP contribution in [-0.4, -0.2) is 38.8 Å². The lowest BCUT2D eigenvalue weighted by Gasteiger charge is -2.47. The molecule has 2 aliphatic carbocycles. The Morgan fingerprint density at radius 1 is 1.16 bits per heavy atom. The average molecular weight is 459 g/mol. The number of carbonyl (C=O) groups excluding carboxylic acids is 2. The van der Waals surface area contributed by atoms with E-state index in [1.54, 1.807) is 0 Å². The molecule has 2 saturated carbocycles. The van der Waals surface area contributed by atoms with E-state index in [1.165, 1.54) is 13.8 Å². The van der Waals surface area contributed by atoms with Gasteiger partial charge in [-0.15, -0.1) is 6.58 Å². The van der Waals surface area contributed by atoms with Crippen molar-refractivity contribution < 1.29 is 23.8 Å². The van der Waals surface area contributed by atoms with Gasteiger partial charge in [-0.25, -0.2) is 0 Å². The highest BCUT2D eigenvalue weighted by Gasteiger charge is 2.84. The summed E-state index contributed by atoms with van der Waals surface area (Å²) in [6.07, 6.45) is 2.21. The van der Waals surface area contributed by atoms with Crippen molar-refractivity contribution >= 4 is 20.0 Å². The highest BCUT2D eigenvalue weighted by Crippen LogP contribution is 2.85. The smallest absolute Gasteiger partial charge is 0.302 e. The van der Waals surface area contributed by atoms with E-state index in [0.29, 0.717) is 13.2 Å². The maximum absolute atomic E-state index is 12.2. The molecule has 1 aromatic carbocycles. The van der Waals surface area contributed by atoms with Gasteiger partial charge in [0, 0.05) is 30.2 Å². The van der Waals surface area contributed by atoms with Crippen molar-refractivity contribution in [2.24, 2.45) is 17.3 Å². The van der Waals surface area contributed by atoms with E-state index >= 15 is 0 Å². The third kappa shape index (κ3) is 4.07. The van der Waals surface area contributed by atoms with E-state index in [2.05, 4.69) is 45.7 Å². The fourth-order valence-corrected chi connectivity index (χ4v) is 12.2. The Bertz CT molecular complexity index is 853. The van der Waals surface area contributed by atoms with E-state index in [9.17, 15) is 9.59 Å². The van der Waals surface area contributed by atoms with Crippen molar-refractivity contribution in [1.82, 2.24) is 0 Å². The van der Waals surface area contributed by atoms with Crippen LogP contribution in [0.2, 0.25) is 24.2 Å². The molecule has 0 radical (unpaired) electrons. The highest BCUT2D eigenvalue weighted by molar-refractivity contribution is 6.82. The molecular formula is C26H38O5Si. The molecule has 1 aromatic rings. The van der Waals surface area contributed by atoms with Crippen molar-refractivity contribution in [2.75, 3.05) is 6.61 Å². The van der Waals surface area contributed by atoms with Gasteiger partial charge in [0.2, 0.25) is 0 Å². The fourth-order valence-electron chi connectivity index (χ4n) is 6.92. The van der Waals surface area contributed by atoms with Gasteiger partial charge in [0.05, 0.1) is 21.3 Å². The van der Waals surface area contributed by atoms with E-state index in [0.717, 1.165) is 18.0 Å². The molecular weight excluding hydrogens is 420 g/mol. The van der Waals surface area contributed by atoms with Gasteiger partial charge in [-0.05, 0) is 23.9 Å². The second kappa shape index (κ2) is 9.14. The molecule has 6 atom stereocenters. The Kier molecular flexibility index (Phi) is 7.06. The van der Waals surface area contributed by atoms with Crippen LogP contribution >= 0.6 is 0 Å². The Labute approximate surface area is 193 Å². The average Bonchev–Trinajstić information content (AvgIpc) is 3.25. The second-order valence-electron chi connectivity index (χ2n) is 10.5. The molecule has 2 fully saturated rings. The van der Waals surface area contributed by atoms with Gasteiger partial charge in [-0.2, -0.15) is 0 Å². The van der Waals surface area contributed by atoms with Crippen molar-refractivity contribution in [3.05, 3.63) is 48.6 Å². The van der Waals surface area contributed by atoms with Crippen LogP contribution in [0.5, 0.6) is 0 Å². The minimum Gasteiger partial charge on any atom is -0.462 e. The normalized spacial score (nSPS) is 33.7. The van der Waals surface area contributed by atoms with Gasteiger partial charge in [-0.1, -0.05) is 63.3 Å². The molecule has 2 aliphatic rings. The standard InChI is InChI=1S/C26H38O5Si/c1-8-14-32(6,7)26-23(25(26,5)17-29-16-21-12-10-9-11-13-21)15-22(30-19(3)27)18(2)24(26)31-20(4)28/h8-13,18,22-24H,1,14-17H2,2-7H3/t18-,22-,23?,24+,25?,26+/m0/s1. The first-order valence-corrected chi connectivity index (χ1v) is 14.8. The maximum Gasteiger partial charge on any atom is 0.302 e. The summed E-state index contributed by atoms with van der Waals surface area (Å²) in [6, 6.07) is 11.1. The molecule has 0 aliphatic heterocycles. The lowest BCUT2D eigenvalue weighted by molar-refractivity contribution is -0.163. The zero-order valence-electron chi connectivity index (χ0n) is 20.4. The highest BCUT2D eigenvalue weighted by atomic mass is 28.3. The Balaban J connectivity index is 1.97. The summed E-state index contributed by atoms with van der Waals surface area (Å²) in [5.41, 5.74) is 0.975. The summed E-state index contributed by atoms with van der Waals surface area (Å²) in [5.74, 6) is -0.392. The van der Waals surface area contributed by atoms with E-state index in [4.69, 9.17) is 14.2 Å². The molecule has 0 spiro atoms. The maximum atomic E-state index is 12.2. The van der Waals surface area contributed by atoms with E-state index < -0.39 is 8.07 Å². The van der Waals surface area contributed by atoms with Crippen LogP contribution in [0.1, 0.15) is 39.7 Å². The molecule has 0 N–H and O–H groups in total. The van der Waals surface area contributed by atoms with Crippen LogP contribution in [0.25, 0.3) is 0 Å². The second-order valence-corrected chi connectivity index (χ2v) is 15.5. The summed E-state index contributed by atoms with van der Waals surface area (Å²) in [4.78, 5) is 24.0. The van der Waals surface area contributed by atoms with Crippen molar-refractivity contribution in [2.45, 2.75) is 77.1 Å². The van der Waals surface area contributed by atoms with E-state index in [1.807, 2.05) is 24.3 Å².